The van der Waals surface area contributed by atoms with E-state index in [1.807, 2.05) is 4.90 Å². The molecule has 0 radical (unpaired) electrons. The molecule has 5 nitrogen and oxygen atoms in total. The molecule has 3 unspecified atom stereocenters. The van der Waals surface area contributed by atoms with Crippen LogP contribution in [0.1, 0.15) is 46.0 Å². The zero-order valence-electron chi connectivity index (χ0n) is 13.9. The van der Waals surface area contributed by atoms with Crippen molar-refractivity contribution in [3.05, 3.63) is 0 Å². The number of nitrogens with zero attached hydrogens (tertiary/aromatic N) is 1. The molecule has 2 saturated heterocycles. The van der Waals surface area contributed by atoms with Crippen LogP contribution in [0.4, 0.5) is 0 Å². The van der Waals surface area contributed by atoms with Crippen LogP contribution in [0.3, 0.4) is 0 Å². The van der Waals surface area contributed by atoms with Gasteiger partial charge in [0, 0.05) is 25.6 Å². The molecule has 3 fully saturated rings. The Morgan fingerprint density at radius 2 is 2.05 bits per heavy atom. The molecule has 2 heterocycles. The Balaban J connectivity index is 1.44. The summed E-state index contributed by atoms with van der Waals surface area (Å²) in [5.41, 5.74) is 0.201. The Morgan fingerprint density at radius 1 is 1.27 bits per heavy atom. The molecule has 2 aliphatic heterocycles. The second-order valence-electron chi connectivity index (χ2n) is 7.93. The third-order valence-electron chi connectivity index (χ3n) is 5.58. The number of amides is 2. The van der Waals surface area contributed by atoms with E-state index in [2.05, 4.69) is 24.5 Å². The molecule has 1 saturated carbocycles. The van der Waals surface area contributed by atoms with Crippen LogP contribution in [0.5, 0.6) is 0 Å². The SMILES string of the molecule is CC1(C)CC1C(=O)N1CCCC(CNC(=O)C2CCCN2)C1. The Morgan fingerprint density at radius 3 is 2.68 bits per heavy atom. The molecule has 5 heteroatoms. The van der Waals surface area contributed by atoms with E-state index in [0.717, 1.165) is 51.7 Å². The first-order valence-electron chi connectivity index (χ1n) is 8.77. The highest BCUT2D eigenvalue weighted by atomic mass is 16.2. The number of hydrogen-bond acceptors (Lipinski definition) is 3. The van der Waals surface area contributed by atoms with Gasteiger partial charge in [-0.05, 0) is 50.0 Å². The Labute approximate surface area is 133 Å². The molecule has 3 aliphatic rings. The van der Waals surface area contributed by atoms with Gasteiger partial charge in [0.1, 0.15) is 0 Å². The smallest absolute Gasteiger partial charge is 0.237 e. The van der Waals surface area contributed by atoms with E-state index in [9.17, 15) is 9.59 Å². The molecule has 1 aliphatic carbocycles. The number of hydrogen-bond donors (Lipinski definition) is 2. The number of rotatable bonds is 4. The van der Waals surface area contributed by atoms with Crippen LogP contribution >= 0.6 is 0 Å². The molecule has 0 aromatic rings. The zero-order valence-corrected chi connectivity index (χ0v) is 13.9. The van der Waals surface area contributed by atoms with Gasteiger partial charge < -0.3 is 15.5 Å². The van der Waals surface area contributed by atoms with Gasteiger partial charge >= 0.3 is 0 Å². The Hall–Kier alpha value is -1.10. The minimum atomic E-state index is -0.00594. The van der Waals surface area contributed by atoms with Crippen molar-refractivity contribution in [3.8, 4) is 0 Å². The van der Waals surface area contributed by atoms with Gasteiger partial charge in [-0.1, -0.05) is 13.8 Å². The number of likely N-dealkylation sites (tertiary alicyclic amines) is 1. The Kier molecular flexibility index (Phi) is 4.44. The lowest BCUT2D eigenvalue weighted by atomic mass is 9.97. The topological polar surface area (TPSA) is 61.4 Å². The summed E-state index contributed by atoms with van der Waals surface area (Å²) in [5, 5.41) is 6.30. The van der Waals surface area contributed by atoms with E-state index in [0.29, 0.717) is 18.4 Å². The molecule has 3 rings (SSSR count). The van der Waals surface area contributed by atoms with Crippen molar-refractivity contribution < 1.29 is 9.59 Å². The van der Waals surface area contributed by atoms with Gasteiger partial charge in [-0.2, -0.15) is 0 Å². The molecule has 124 valence electrons. The van der Waals surface area contributed by atoms with E-state index in [4.69, 9.17) is 0 Å². The molecular weight excluding hydrogens is 278 g/mol. The monoisotopic (exact) mass is 307 g/mol. The number of nitrogens with one attached hydrogen (secondary N) is 2. The average molecular weight is 307 g/mol. The van der Waals surface area contributed by atoms with Gasteiger partial charge in [0.2, 0.25) is 11.8 Å². The number of piperidine rings is 1. The fourth-order valence-electron chi connectivity index (χ4n) is 3.82. The van der Waals surface area contributed by atoms with Gasteiger partial charge in [0.15, 0.2) is 0 Å². The summed E-state index contributed by atoms with van der Waals surface area (Å²) >= 11 is 0. The van der Waals surface area contributed by atoms with E-state index in [-0.39, 0.29) is 23.3 Å². The summed E-state index contributed by atoms with van der Waals surface area (Å²) in [4.78, 5) is 26.6. The molecule has 0 aromatic heterocycles. The predicted molar refractivity (Wildman–Crippen MR) is 85.2 cm³/mol. The first-order chi connectivity index (χ1) is 10.5. The van der Waals surface area contributed by atoms with E-state index >= 15 is 0 Å². The lowest BCUT2D eigenvalue weighted by molar-refractivity contribution is -0.135. The highest BCUT2D eigenvalue weighted by Crippen LogP contribution is 2.52. The lowest BCUT2D eigenvalue weighted by Gasteiger charge is -2.33. The summed E-state index contributed by atoms with van der Waals surface area (Å²) in [6.07, 6.45) is 5.22. The highest BCUT2D eigenvalue weighted by Gasteiger charge is 2.52. The van der Waals surface area contributed by atoms with Gasteiger partial charge in [0.05, 0.1) is 6.04 Å². The normalized spacial score (nSPS) is 33.5. The molecule has 0 spiro atoms. The van der Waals surface area contributed by atoms with Crippen molar-refractivity contribution in [2.45, 2.75) is 52.0 Å². The van der Waals surface area contributed by atoms with Gasteiger partial charge in [-0.25, -0.2) is 0 Å². The first kappa shape index (κ1) is 15.8. The molecule has 3 atom stereocenters. The molecule has 2 amide bonds. The summed E-state index contributed by atoms with van der Waals surface area (Å²) in [7, 11) is 0. The predicted octanol–water partition coefficient (Wildman–Crippen LogP) is 1.14. The molecular formula is C17H29N3O2. The zero-order chi connectivity index (χ0) is 15.7. The van der Waals surface area contributed by atoms with Crippen LogP contribution in [-0.4, -0.2) is 48.9 Å². The van der Waals surface area contributed by atoms with Gasteiger partial charge in [0.25, 0.3) is 0 Å². The van der Waals surface area contributed by atoms with E-state index in [1.165, 1.54) is 0 Å². The summed E-state index contributed by atoms with van der Waals surface area (Å²) in [6, 6.07) is -0.00594. The molecule has 0 bridgehead atoms. The van der Waals surface area contributed by atoms with Gasteiger partial charge in [-0.15, -0.1) is 0 Å². The summed E-state index contributed by atoms with van der Waals surface area (Å²) in [6.45, 7) is 7.69. The fourth-order valence-corrected chi connectivity index (χ4v) is 3.82. The average Bonchev–Trinajstić information content (AvgIpc) is 2.94. The van der Waals surface area contributed by atoms with Crippen LogP contribution in [0.25, 0.3) is 0 Å². The number of carbonyl (C=O) groups is 2. The van der Waals surface area contributed by atoms with E-state index in [1.54, 1.807) is 0 Å². The van der Waals surface area contributed by atoms with E-state index < -0.39 is 0 Å². The summed E-state index contributed by atoms with van der Waals surface area (Å²) < 4.78 is 0. The van der Waals surface area contributed by atoms with Gasteiger partial charge in [-0.3, -0.25) is 9.59 Å². The van der Waals surface area contributed by atoms with Crippen LogP contribution < -0.4 is 10.6 Å². The summed E-state index contributed by atoms with van der Waals surface area (Å²) in [5.74, 6) is 1.09. The Bertz CT molecular complexity index is 443. The highest BCUT2D eigenvalue weighted by molar-refractivity contribution is 5.83. The molecule has 0 aromatic carbocycles. The maximum atomic E-state index is 12.5. The molecule has 22 heavy (non-hydrogen) atoms. The largest absolute Gasteiger partial charge is 0.354 e. The minimum Gasteiger partial charge on any atom is -0.354 e. The standard InChI is InChI=1S/C17H29N3O2/c1-17(2)9-13(17)16(22)20-8-4-5-12(11-20)10-19-15(21)14-6-3-7-18-14/h12-14,18H,3-11H2,1-2H3,(H,19,21). The molecule has 2 N–H and O–H groups in total. The second kappa shape index (κ2) is 6.19. The first-order valence-corrected chi connectivity index (χ1v) is 8.77. The maximum absolute atomic E-state index is 12.5. The third kappa shape index (κ3) is 3.45. The van der Waals surface area contributed by atoms with Crippen molar-refractivity contribution in [1.29, 1.82) is 0 Å². The maximum Gasteiger partial charge on any atom is 0.237 e. The van der Waals surface area contributed by atoms with Crippen molar-refractivity contribution in [3.63, 3.8) is 0 Å². The van der Waals surface area contributed by atoms with Crippen LogP contribution in [0, 0.1) is 17.3 Å². The van der Waals surface area contributed by atoms with Crippen molar-refractivity contribution in [1.82, 2.24) is 15.5 Å². The third-order valence-corrected chi connectivity index (χ3v) is 5.58. The fraction of sp³-hybridized carbons (Fsp3) is 0.882. The van der Waals surface area contributed by atoms with Crippen molar-refractivity contribution in [2.75, 3.05) is 26.2 Å². The quantitative estimate of drug-likeness (QED) is 0.819. The lowest BCUT2D eigenvalue weighted by Crippen LogP contribution is -2.47. The second-order valence-corrected chi connectivity index (χ2v) is 7.93. The van der Waals surface area contributed by atoms with Crippen LogP contribution in [0.15, 0.2) is 0 Å². The minimum absolute atomic E-state index is 0.00594. The van der Waals surface area contributed by atoms with Crippen LogP contribution in [-0.2, 0) is 9.59 Å². The van der Waals surface area contributed by atoms with Crippen molar-refractivity contribution in [2.24, 2.45) is 17.3 Å². The van der Waals surface area contributed by atoms with Crippen LogP contribution in [0.2, 0.25) is 0 Å². The van der Waals surface area contributed by atoms with Crippen molar-refractivity contribution >= 4 is 11.8 Å². The number of carbonyl (C=O) groups excluding carboxylic acids is 2.